The first-order chi connectivity index (χ1) is 13.1. The molecule has 18 heteroatoms. The highest BCUT2D eigenvalue weighted by atomic mass is 31.3. The number of ether oxygens (including phenoxy) is 1. The van der Waals surface area contributed by atoms with Gasteiger partial charge < -0.3 is 39.6 Å². The summed E-state index contributed by atoms with van der Waals surface area (Å²) in [4.78, 5) is 48.2. The van der Waals surface area contributed by atoms with Gasteiger partial charge in [-0.3, -0.25) is 9.32 Å². The fourth-order valence-electron chi connectivity index (χ4n) is 2.54. The van der Waals surface area contributed by atoms with E-state index in [-0.39, 0.29) is 5.82 Å². The average Bonchev–Trinajstić information content (AvgIpc) is 2.78. The van der Waals surface area contributed by atoms with Gasteiger partial charge in [0.15, 0.2) is 0 Å². The van der Waals surface area contributed by atoms with Gasteiger partial charge in [0.1, 0.15) is 18.2 Å². The van der Waals surface area contributed by atoms with E-state index in [2.05, 4.69) is 25.0 Å². The molecule has 0 saturated carbocycles. The lowest BCUT2D eigenvalue weighted by atomic mass is 10.0. The van der Waals surface area contributed by atoms with Gasteiger partial charge in [0.2, 0.25) is 0 Å². The van der Waals surface area contributed by atoms with Crippen LogP contribution in [0.25, 0.3) is 0 Å². The van der Waals surface area contributed by atoms with Crippen LogP contribution in [0.4, 0.5) is 0 Å². The fourth-order valence-corrected chi connectivity index (χ4v) is 5.57. The molecule has 3 unspecified atom stereocenters. The van der Waals surface area contributed by atoms with E-state index in [1.54, 1.807) is 6.92 Å². The van der Waals surface area contributed by atoms with Crippen LogP contribution in [0.15, 0.2) is 24.7 Å². The third-order valence-corrected chi connectivity index (χ3v) is 7.54. The second-order valence-electron chi connectivity index (χ2n) is 5.96. The van der Waals surface area contributed by atoms with Crippen LogP contribution in [0.3, 0.4) is 0 Å². The summed E-state index contributed by atoms with van der Waals surface area (Å²) < 4.78 is 50.8. The van der Waals surface area contributed by atoms with Gasteiger partial charge in [-0.05, 0) is 0 Å². The second-order valence-corrected chi connectivity index (χ2v) is 10.4. The summed E-state index contributed by atoms with van der Waals surface area (Å²) in [7, 11) is -16.5. The SMILES string of the molecule is C=C1NC(=O)C=CN1[C@@H]1O[C@H](COP(=O)(O)OP(=O)(O)OP(=O)(O)O)C(O)[C@@H]1C. The Balaban J connectivity index is 2.00. The minimum Gasteiger partial charge on any atom is -0.390 e. The van der Waals surface area contributed by atoms with Crippen LogP contribution in [-0.4, -0.2) is 60.5 Å². The molecule has 0 aromatic heterocycles. The number of nitrogens with zero attached hydrogens (tertiary/aromatic N) is 1. The van der Waals surface area contributed by atoms with Crippen molar-refractivity contribution in [1.82, 2.24) is 10.2 Å². The summed E-state index contributed by atoms with van der Waals surface area (Å²) in [6, 6.07) is 0. The maximum absolute atomic E-state index is 11.8. The van der Waals surface area contributed by atoms with Gasteiger partial charge in [-0.1, -0.05) is 13.5 Å². The number of aliphatic hydroxyl groups excluding tert-OH is 1. The molecule has 1 fully saturated rings. The zero-order valence-electron chi connectivity index (χ0n) is 14.7. The lowest BCUT2D eigenvalue weighted by Crippen LogP contribution is -2.43. The van der Waals surface area contributed by atoms with Gasteiger partial charge in [0, 0.05) is 18.2 Å². The number of phosphoric ester groups is 1. The van der Waals surface area contributed by atoms with Gasteiger partial charge in [-0.2, -0.15) is 8.62 Å². The number of aliphatic hydroxyl groups is 1. The van der Waals surface area contributed by atoms with Crippen molar-refractivity contribution in [2.75, 3.05) is 6.61 Å². The number of carbonyl (C=O) groups excluding carboxylic acids is 1. The Bertz CT molecular complexity index is 840. The second kappa shape index (κ2) is 8.67. The van der Waals surface area contributed by atoms with Crippen molar-refractivity contribution in [2.24, 2.45) is 5.92 Å². The van der Waals surface area contributed by atoms with Gasteiger partial charge in [-0.15, -0.1) is 0 Å². The predicted molar refractivity (Wildman–Crippen MR) is 91.9 cm³/mol. The largest absolute Gasteiger partial charge is 0.490 e. The van der Waals surface area contributed by atoms with E-state index in [0.717, 1.165) is 0 Å². The molecule has 29 heavy (non-hydrogen) atoms. The maximum atomic E-state index is 11.8. The van der Waals surface area contributed by atoms with Crippen LogP contribution in [0.1, 0.15) is 6.92 Å². The summed E-state index contributed by atoms with van der Waals surface area (Å²) in [5, 5.41) is 12.7. The standard InChI is InChI=1S/C11H19N2O13P3/c1-6-10(15)8(24-11(6)13-4-3-9(14)12-7(13)2)5-23-28(19,20)26-29(21,22)25-27(16,17)18/h3-4,6,8,10-11,15H,2,5H2,1H3,(H,12,14)(H,19,20)(H,21,22)(H2,16,17,18)/t6-,8+,10?,11+/m0/s1. The van der Waals surface area contributed by atoms with Gasteiger partial charge in [-0.25, -0.2) is 13.7 Å². The van der Waals surface area contributed by atoms with Crippen molar-refractivity contribution >= 4 is 29.4 Å². The topological polar surface area (TPSA) is 222 Å². The zero-order chi connectivity index (χ0) is 22.2. The first kappa shape index (κ1) is 24.4. The number of nitrogens with one attached hydrogen (secondary N) is 1. The Morgan fingerprint density at radius 2 is 1.83 bits per heavy atom. The van der Waals surface area contributed by atoms with E-state index in [1.165, 1.54) is 17.2 Å². The maximum Gasteiger partial charge on any atom is 0.490 e. The monoisotopic (exact) mass is 480 g/mol. The number of phosphoric acid groups is 3. The third-order valence-electron chi connectivity index (χ3n) is 3.74. The normalized spacial score (nSPS) is 32.0. The predicted octanol–water partition coefficient (Wildman–Crippen LogP) is -0.532. The van der Waals surface area contributed by atoms with Crippen LogP contribution in [0, 0.1) is 5.92 Å². The van der Waals surface area contributed by atoms with E-state index in [4.69, 9.17) is 19.4 Å². The molecule has 2 aliphatic rings. The van der Waals surface area contributed by atoms with Crippen LogP contribution in [-0.2, 0) is 36.4 Å². The molecule has 6 atom stereocenters. The molecule has 0 spiro atoms. The molecule has 0 aromatic rings. The molecule has 0 radical (unpaired) electrons. The van der Waals surface area contributed by atoms with E-state index >= 15 is 0 Å². The lowest BCUT2D eigenvalue weighted by molar-refractivity contribution is -0.118. The molecule has 1 amide bonds. The fraction of sp³-hybridized carbons (Fsp3) is 0.545. The van der Waals surface area contributed by atoms with Crippen molar-refractivity contribution in [2.45, 2.75) is 25.4 Å². The minimum atomic E-state index is -5.65. The number of hydrogen-bond acceptors (Lipinski definition) is 10. The number of hydrogen-bond donors (Lipinski definition) is 6. The van der Waals surface area contributed by atoms with Crippen molar-refractivity contribution in [1.29, 1.82) is 0 Å². The average molecular weight is 480 g/mol. The molecule has 0 bridgehead atoms. The molecular formula is C11H19N2O13P3. The smallest absolute Gasteiger partial charge is 0.390 e. The Kier molecular flexibility index (Phi) is 7.28. The highest BCUT2D eigenvalue weighted by molar-refractivity contribution is 7.66. The molecule has 2 heterocycles. The van der Waals surface area contributed by atoms with Gasteiger partial charge in [0.05, 0.1) is 12.7 Å². The minimum absolute atomic E-state index is 0.162. The van der Waals surface area contributed by atoms with Crippen LogP contribution in [0.2, 0.25) is 0 Å². The summed E-state index contributed by atoms with van der Waals surface area (Å²) >= 11 is 0. The number of rotatable bonds is 8. The lowest BCUT2D eigenvalue weighted by Gasteiger charge is -2.33. The van der Waals surface area contributed by atoms with Crippen LogP contribution in [0.5, 0.6) is 0 Å². The molecule has 2 rings (SSSR count). The number of carbonyl (C=O) groups is 1. The van der Waals surface area contributed by atoms with Crippen molar-refractivity contribution < 1.29 is 61.1 Å². The summed E-state index contributed by atoms with van der Waals surface area (Å²) in [6.45, 7) is 4.42. The molecule has 6 N–H and O–H groups in total. The Morgan fingerprint density at radius 3 is 2.38 bits per heavy atom. The van der Waals surface area contributed by atoms with Crippen molar-refractivity contribution in [3.05, 3.63) is 24.7 Å². The van der Waals surface area contributed by atoms with Crippen molar-refractivity contribution in [3.8, 4) is 0 Å². The van der Waals surface area contributed by atoms with Crippen LogP contribution >= 0.6 is 23.5 Å². The van der Waals surface area contributed by atoms with E-state index < -0.39 is 60.3 Å². The highest BCUT2D eigenvalue weighted by Gasteiger charge is 2.46. The van der Waals surface area contributed by atoms with E-state index in [0.29, 0.717) is 0 Å². The molecule has 15 nitrogen and oxygen atoms in total. The molecule has 166 valence electrons. The number of amides is 1. The highest BCUT2D eigenvalue weighted by Crippen LogP contribution is 2.66. The summed E-state index contributed by atoms with van der Waals surface area (Å²) in [5.74, 6) is -0.849. The van der Waals surface area contributed by atoms with Gasteiger partial charge in [0.25, 0.3) is 5.91 Å². The molecule has 0 aromatic carbocycles. The van der Waals surface area contributed by atoms with Gasteiger partial charge >= 0.3 is 23.5 Å². The van der Waals surface area contributed by atoms with E-state index in [9.17, 15) is 28.5 Å². The Labute approximate surface area is 164 Å². The van der Waals surface area contributed by atoms with E-state index in [1.807, 2.05) is 0 Å². The third kappa shape index (κ3) is 6.79. The molecule has 1 saturated heterocycles. The zero-order valence-corrected chi connectivity index (χ0v) is 17.4. The Hall–Kier alpha value is -0.920. The summed E-state index contributed by atoms with van der Waals surface area (Å²) in [5.41, 5.74) is 0. The van der Waals surface area contributed by atoms with Crippen LogP contribution < -0.4 is 5.32 Å². The first-order valence-corrected chi connectivity index (χ1v) is 12.2. The Morgan fingerprint density at radius 1 is 1.21 bits per heavy atom. The summed E-state index contributed by atoms with van der Waals surface area (Å²) in [6.07, 6.45) is -0.732. The first-order valence-electron chi connectivity index (χ1n) is 7.68. The molecule has 0 aliphatic carbocycles. The quantitative estimate of drug-likeness (QED) is 0.240. The molecule has 2 aliphatic heterocycles. The molecular weight excluding hydrogens is 461 g/mol. The van der Waals surface area contributed by atoms with Crippen molar-refractivity contribution in [3.63, 3.8) is 0 Å².